The molecule has 2 aromatic carbocycles. The normalized spacial score (nSPS) is 24.9. The van der Waals surface area contributed by atoms with Crippen LogP contribution in [0.5, 0.6) is 0 Å². The number of nitrogens with one attached hydrogen (secondary N) is 2. The van der Waals surface area contributed by atoms with Gasteiger partial charge in [0.1, 0.15) is 6.17 Å². The number of hydrazine groups is 1. The van der Waals surface area contributed by atoms with E-state index in [0.717, 1.165) is 17.3 Å². The highest BCUT2D eigenvalue weighted by molar-refractivity contribution is 8.13. The second-order valence-corrected chi connectivity index (χ2v) is 9.13. The van der Waals surface area contributed by atoms with E-state index in [1.54, 1.807) is 11.8 Å². The van der Waals surface area contributed by atoms with Gasteiger partial charge >= 0.3 is 0 Å². The number of hydrazone groups is 1. The zero-order chi connectivity index (χ0) is 20.0. The van der Waals surface area contributed by atoms with Crippen LogP contribution in [-0.2, 0) is 5.75 Å². The molecular weight excluding hydrogens is 378 g/mol. The number of thioether (sulfide) groups is 1. The van der Waals surface area contributed by atoms with Gasteiger partial charge in [-0.15, -0.1) is 0 Å². The van der Waals surface area contributed by atoms with E-state index >= 15 is 0 Å². The zero-order valence-corrected chi connectivity index (χ0v) is 17.9. The number of hydrogen-bond donors (Lipinski definition) is 2. The summed E-state index contributed by atoms with van der Waals surface area (Å²) in [5, 5.41) is 7.94. The maximum Gasteiger partial charge on any atom is 0.189 e. The third-order valence-electron chi connectivity index (χ3n) is 6.13. The number of fused-ring (bicyclic) bond motifs is 3. The Kier molecular flexibility index (Phi) is 4.76. The Labute approximate surface area is 176 Å². The number of rotatable bonds is 3. The molecule has 5 rings (SSSR count). The predicted molar refractivity (Wildman–Crippen MR) is 120 cm³/mol. The van der Waals surface area contributed by atoms with E-state index in [-0.39, 0.29) is 6.17 Å². The number of nitrogens with zero attached hydrogens (tertiary/aromatic N) is 3. The number of aryl methyl sites for hydroxylation is 3. The summed E-state index contributed by atoms with van der Waals surface area (Å²) in [6.07, 6.45) is 5.51. The molecule has 1 fully saturated rings. The predicted octanol–water partition coefficient (Wildman–Crippen LogP) is 4.15. The Balaban J connectivity index is 1.26. The first kappa shape index (κ1) is 18.6. The molecule has 0 aromatic heterocycles. The van der Waals surface area contributed by atoms with Crippen LogP contribution < -0.4 is 10.9 Å². The Bertz CT molecular complexity index is 968. The number of hydrogen-bond acceptors (Lipinski definition) is 6. The lowest BCUT2D eigenvalue weighted by Crippen LogP contribution is -2.54. The first-order valence-electron chi connectivity index (χ1n) is 10.2. The molecule has 150 valence electrons. The highest BCUT2D eigenvalue weighted by Gasteiger charge is 2.44. The molecule has 3 aliphatic heterocycles. The molecule has 1 saturated heterocycles. The van der Waals surface area contributed by atoms with Gasteiger partial charge in [0, 0.05) is 18.2 Å². The minimum Gasteiger partial charge on any atom is -0.306 e. The highest BCUT2D eigenvalue weighted by atomic mass is 32.2. The first-order valence-corrected chi connectivity index (χ1v) is 11.2. The summed E-state index contributed by atoms with van der Waals surface area (Å²) in [4.78, 5) is 2.28. The molecule has 2 aromatic rings. The van der Waals surface area contributed by atoms with E-state index < -0.39 is 0 Å². The monoisotopic (exact) mass is 405 g/mol. The van der Waals surface area contributed by atoms with Crippen molar-refractivity contribution in [1.29, 1.82) is 0 Å². The average Bonchev–Trinajstić information content (AvgIpc) is 3.33. The Hall–Kier alpha value is -2.44. The standard InChI is InChI=1S/C23H27N5S/c1-15-4-7-18(8-5-15)14-29-23-25-24-22-21-13-20(26-28(21)11-10-27(22)23)19-9-6-16(2)17(3)12-19/h4-12,20-22,24,26H,13-14H2,1-3H3. The van der Waals surface area contributed by atoms with E-state index in [1.165, 1.54) is 27.8 Å². The van der Waals surface area contributed by atoms with Gasteiger partial charge in [0.25, 0.3) is 0 Å². The van der Waals surface area contributed by atoms with E-state index in [4.69, 9.17) is 0 Å². The highest BCUT2D eigenvalue weighted by Crippen LogP contribution is 2.35. The van der Waals surface area contributed by atoms with Gasteiger partial charge in [0.15, 0.2) is 5.17 Å². The van der Waals surface area contributed by atoms with Crippen LogP contribution in [0.15, 0.2) is 60.0 Å². The number of benzene rings is 2. The minimum absolute atomic E-state index is 0.171. The van der Waals surface area contributed by atoms with Crippen molar-refractivity contribution in [3.8, 4) is 0 Å². The van der Waals surface area contributed by atoms with Crippen LogP contribution in [0.3, 0.4) is 0 Å². The van der Waals surface area contributed by atoms with Gasteiger partial charge in [0.2, 0.25) is 0 Å². The lowest BCUT2D eigenvalue weighted by Gasteiger charge is -2.36. The Morgan fingerprint density at radius 2 is 1.86 bits per heavy atom. The number of amidine groups is 1. The Morgan fingerprint density at radius 3 is 2.66 bits per heavy atom. The van der Waals surface area contributed by atoms with Crippen LogP contribution >= 0.6 is 11.8 Å². The van der Waals surface area contributed by atoms with Crippen LogP contribution in [-0.4, -0.2) is 27.3 Å². The molecule has 2 N–H and O–H groups in total. The van der Waals surface area contributed by atoms with Crippen molar-refractivity contribution >= 4 is 16.9 Å². The lowest BCUT2D eigenvalue weighted by atomic mass is 9.97. The van der Waals surface area contributed by atoms with Crippen LogP contribution in [0.2, 0.25) is 0 Å². The van der Waals surface area contributed by atoms with Crippen LogP contribution in [0.1, 0.15) is 40.3 Å². The quantitative estimate of drug-likeness (QED) is 0.803. The summed E-state index contributed by atoms with van der Waals surface area (Å²) in [7, 11) is 0. The van der Waals surface area contributed by atoms with Crippen molar-refractivity contribution in [2.45, 2.75) is 51.2 Å². The van der Waals surface area contributed by atoms with Crippen molar-refractivity contribution in [1.82, 2.24) is 20.8 Å². The first-order chi connectivity index (χ1) is 14.1. The molecule has 0 saturated carbocycles. The summed E-state index contributed by atoms with van der Waals surface area (Å²) < 4.78 is 0. The van der Waals surface area contributed by atoms with Crippen molar-refractivity contribution in [2.24, 2.45) is 5.10 Å². The largest absolute Gasteiger partial charge is 0.306 e. The third kappa shape index (κ3) is 3.51. The van der Waals surface area contributed by atoms with Gasteiger partial charge in [0.05, 0.1) is 12.1 Å². The fourth-order valence-electron chi connectivity index (χ4n) is 4.18. The van der Waals surface area contributed by atoms with Crippen molar-refractivity contribution in [3.05, 3.63) is 82.7 Å². The van der Waals surface area contributed by atoms with Gasteiger partial charge in [-0.1, -0.05) is 59.8 Å². The van der Waals surface area contributed by atoms with Gasteiger partial charge < -0.3 is 9.91 Å². The lowest BCUT2D eigenvalue weighted by molar-refractivity contribution is 0.152. The topological polar surface area (TPSA) is 42.9 Å². The molecule has 0 spiro atoms. The van der Waals surface area contributed by atoms with E-state index in [2.05, 4.69) is 101 Å². The van der Waals surface area contributed by atoms with Gasteiger partial charge in [-0.3, -0.25) is 5.43 Å². The molecular formula is C23H27N5S. The summed E-state index contributed by atoms with van der Waals surface area (Å²) in [6.45, 7) is 6.48. The fourth-order valence-corrected chi connectivity index (χ4v) is 5.11. The van der Waals surface area contributed by atoms with Crippen LogP contribution in [0.25, 0.3) is 0 Å². The summed E-state index contributed by atoms with van der Waals surface area (Å²) in [5.74, 6) is 0.926. The molecule has 0 aliphatic carbocycles. The maximum atomic E-state index is 4.65. The molecule has 0 amide bonds. The van der Waals surface area contributed by atoms with Crippen molar-refractivity contribution < 1.29 is 0 Å². The molecule has 3 atom stereocenters. The van der Waals surface area contributed by atoms with Gasteiger partial charge in [-0.25, -0.2) is 5.43 Å². The second-order valence-electron chi connectivity index (χ2n) is 8.18. The molecule has 0 bridgehead atoms. The Morgan fingerprint density at radius 1 is 1.03 bits per heavy atom. The summed E-state index contributed by atoms with van der Waals surface area (Å²) >= 11 is 1.79. The molecule has 3 aliphatic rings. The molecule has 6 heteroatoms. The van der Waals surface area contributed by atoms with Crippen LogP contribution in [0, 0.1) is 20.8 Å². The maximum absolute atomic E-state index is 4.65. The fraction of sp³-hybridized carbons (Fsp3) is 0.348. The van der Waals surface area contributed by atoms with E-state index in [1.807, 2.05) is 0 Å². The second kappa shape index (κ2) is 7.43. The molecule has 5 nitrogen and oxygen atoms in total. The van der Waals surface area contributed by atoms with E-state index in [9.17, 15) is 0 Å². The van der Waals surface area contributed by atoms with E-state index in [0.29, 0.717) is 12.1 Å². The third-order valence-corrected chi connectivity index (χ3v) is 7.16. The zero-order valence-electron chi connectivity index (χ0n) is 17.1. The van der Waals surface area contributed by atoms with Crippen molar-refractivity contribution in [2.75, 3.05) is 0 Å². The molecule has 29 heavy (non-hydrogen) atoms. The molecule has 0 radical (unpaired) electrons. The average molecular weight is 406 g/mol. The van der Waals surface area contributed by atoms with Gasteiger partial charge in [-0.05, 0) is 49.4 Å². The molecule has 3 heterocycles. The smallest absolute Gasteiger partial charge is 0.189 e. The SMILES string of the molecule is Cc1ccc(CSC2=NNC3C4CC(c5ccc(C)c(C)c5)NN4C=CN23)cc1. The molecule has 3 unspecified atom stereocenters. The minimum atomic E-state index is 0.171. The summed E-state index contributed by atoms with van der Waals surface area (Å²) in [6, 6.07) is 16.2. The van der Waals surface area contributed by atoms with Crippen molar-refractivity contribution in [3.63, 3.8) is 0 Å². The summed E-state index contributed by atoms with van der Waals surface area (Å²) in [5.41, 5.74) is 13.7. The van der Waals surface area contributed by atoms with Gasteiger partial charge in [-0.2, -0.15) is 5.10 Å². The van der Waals surface area contributed by atoms with Crippen LogP contribution in [0.4, 0.5) is 0 Å².